The van der Waals surface area contributed by atoms with Crippen LogP contribution in [0.3, 0.4) is 0 Å². The molecule has 0 amide bonds. The fourth-order valence-electron chi connectivity index (χ4n) is 2.75. The summed E-state index contributed by atoms with van der Waals surface area (Å²) in [4.78, 5) is 12.9. The van der Waals surface area contributed by atoms with Gasteiger partial charge >= 0.3 is 5.69 Å². The molecule has 0 aromatic carbocycles. The highest BCUT2D eigenvalue weighted by atomic mass is 16.6. The lowest BCUT2D eigenvalue weighted by Gasteiger charge is -2.18. The minimum atomic E-state index is -0.344. The van der Waals surface area contributed by atoms with Gasteiger partial charge in [-0.05, 0) is 32.6 Å². The SMILES string of the molecule is CCn1nc(C)c([N+](=O)[O-])c1N1CCC(CCO)C1. The Morgan fingerprint density at radius 1 is 1.58 bits per heavy atom. The maximum Gasteiger partial charge on any atom is 0.333 e. The van der Waals surface area contributed by atoms with E-state index in [2.05, 4.69) is 5.10 Å². The van der Waals surface area contributed by atoms with Crippen LogP contribution in [-0.2, 0) is 6.54 Å². The van der Waals surface area contributed by atoms with E-state index in [0.29, 0.717) is 24.0 Å². The lowest BCUT2D eigenvalue weighted by atomic mass is 10.1. The van der Waals surface area contributed by atoms with Gasteiger partial charge in [0, 0.05) is 26.2 Å². The monoisotopic (exact) mass is 268 g/mol. The van der Waals surface area contributed by atoms with Crippen molar-refractivity contribution >= 4 is 11.5 Å². The van der Waals surface area contributed by atoms with E-state index in [4.69, 9.17) is 5.11 Å². The summed E-state index contributed by atoms with van der Waals surface area (Å²) in [5.74, 6) is 1.02. The zero-order valence-electron chi connectivity index (χ0n) is 11.4. The lowest BCUT2D eigenvalue weighted by molar-refractivity contribution is -0.384. The molecule has 1 aliphatic rings. The van der Waals surface area contributed by atoms with E-state index in [1.54, 1.807) is 11.6 Å². The molecule has 1 fully saturated rings. The van der Waals surface area contributed by atoms with E-state index in [1.165, 1.54) is 0 Å². The van der Waals surface area contributed by atoms with Crippen LogP contribution in [0.4, 0.5) is 11.5 Å². The van der Waals surface area contributed by atoms with Crippen molar-refractivity contribution in [3.63, 3.8) is 0 Å². The van der Waals surface area contributed by atoms with Gasteiger partial charge < -0.3 is 10.0 Å². The molecule has 0 bridgehead atoms. The molecule has 106 valence electrons. The summed E-state index contributed by atoms with van der Waals surface area (Å²) < 4.78 is 1.70. The first-order chi connectivity index (χ1) is 9.08. The number of anilines is 1. The van der Waals surface area contributed by atoms with Crippen molar-refractivity contribution < 1.29 is 10.0 Å². The minimum Gasteiger partial charge on any atom is -0.396 e. The third kappa shape index (κ3) is 2.56. The summed E-state index contributed by atoms with van der Waals surface area (Å²) in [5, 5.41) is 24.5. The number of hydrogen-bond acceptors (Lipinski definition) is 5. The van der Waals surface area contributed by atoms with Crippen molar-refractivity contribution in [1.82, 2.24) is 9.78 Å². The highest BCUT2D eigenvalue weighted by Gasteiger charge is 2.33. The van der Waals surface area contributed by atoms with E-state index in [-0.39, 0.29) is 17.2 Å². The van der Waals surface area contributed by atoms with Gasteiger partial charge in [-0.25, -0.2) is 4.68 Å². The molecule has 1 aromatic heterocycles. The summed E-state index contributed by atoms with van der Waals surface area (Å²) in [5.41, 5.74) is 0.582. The molecule has 0 spiro atoms. The molecule has 7 nitrogen and oxygen atoms in total. The first-order valence-corrected chi connectivity index (χ1v) is 6.66. The highest BCUT2D eigenvalue weighted by molar-refractivity contribution is 5.61. The van der Waals surface area contributed by atoms with E-state index in [1.807, 2.05) is 11.8 Å². The average Bonchev–Trinajstić information content (AvgIpc) is 2.93. The smallest absolute Gasteiger partial charge is 0.333 e. The molecule has 1 N–H and O–H groups in total. The second kappa shape index (κ2) is 5.56. The Hall–Kier alpha value is -1.63. The minimum absolute atomic E-state index is 0.117. The second-order valence-corrected chi connectivity index (χ2v) is 4.94. The summed E-state index contributed by atoms with van der Waals surface area (Å²) in [6.45, 7) is 5.94. The van der Waals surface area contributed by atoms with Crippen LogP contribution in [0.5, 0.6) is 0 Å². The molecular weight excluding hydrogens is 248 g/mol. The summed E-state index contributed by atoms with van der Waals surface area (Å²) in [7, 11) is 0. The van der Waals surface area contributed by atoms with Crippen LogP contribution in [-0.4, -0.2) is 39.5 Å². The molecule has 1 aromatic rings. The van der Waals surface area contributed by atoms with Crippen molar-refractivity contribution in [2.75, 3.05) is 24.6 Å². The number of aliphatic hydroxyl groups excluding tert-OH is 1. The van der Waals surface area contributed by atoms with Gasteiger partial charge in [-0.3, -0.25) is 10.1 Å². The first-order valence-electron chi connectivity index (χ1n) is 6.66. The number of aryl methyl sites for hydroxylation is 2. The zero-order chi connectivity index (χ0) is 14.0. The molecular formula is C12H20N4O3. The fourth-order valence-corrected chi connectivity index (χ4v) is 2.75. The van der Waals surface area contributed by atoms with Gasteiger partial charge in [-0.1, -0.05) is 0 Å². The van der Waals surface area contributed by atoms with Crippen LogP contribution < -0.4 is 4.90 Å². The molecule has 2 rings (SSSR count). The predicted molar refractivity (Wildman–Crippen MR) is 71.3 cm³/mol. The van der Waals surface area contributed by atoms with Gasteiger partial charge in [0.25, 0.3) is 0 Å². The Morgan fingerprint density at radius 3 is 2.89 bits per heavy atom. The van der Waals surface area contributed by atoms with Crippen LogP contribution in [0.25, 0.3) is 0 Å². The first kappa shape index (κ1) is 13.8. The quantitative estimate of drug-likeness (QED) is 0.643. The summed E-state index contributed by atoms with van der Waals surface area (Å²) in [6.07, 6.45) is 1.72. The highest BCUT2D eigenvalue weighted by Crippen LogP contribution is 2.35. The number of aromatic nitrogens is 2. The Bertz CT molecular complexity index is 472. The van der Waals surface area contributed by atoms with E-state index < -0.39 is 0 Å². The Balaban J connectivity index is 2.31. The van der Waals surface area contributed by atoms with Gasteiger partial charge in [0.15, 0.2) is 0 Å². The molecule has 7 heteroatoms. The normalized spacial score (nSPS) is 19.1. The largest absolute Gasteiger partial charge is 0.396 e. The van der Waals surface area contributed by atoms with Gasteiger partial charge in [0.1, 0.15) is 5.69 Å². The van der Waals surface area contributed by atoms with Crippen LogP contribution in [0.1, 0.15) is 25.5 Å². The summed E-state index contributed by atoms with van der Waals surface area (Å²) in [6, 6.07) is 0. The predicted octanol–water partition coefficient (Wildman–Crippen LogP) is 1.33. The average molecular weight is 268 g/mol. The topological polar surface area (TPSA) is 84.4 Å². The van der Waals surface area contributed by atoms with Crippen LogP contribution >= 0.6 is 0 Å². The Kier molecular flexibility index (Phi) is 4.04. The van der Waals surface area contributed by atoms with E-state index in [0.717, 1.165) is 25.9 Å². The number of aliphatic hydroxyl groups is 1. The molecule has 1 aliphatic heterocycles. The molecule has 1 saturated heterocycles. The van der Waals surface area contributed by atoms with Crippen LogP contribution in [0, 0.1) is 23.0 Å². The van der Waals surface area contributed by atoms with E-state index in [9.17, 15) is 10.1 Å². The number of hydrogen-bond donors (Lipinski definition) is 1. The Morgan fingerprint density at radius 2 is 2.32 bits per heavy atom. The fraction of sp³-hybridized carbons (Fsp3) is 0.750. The summed E-state index contributed by atoms with van der Waals surface area (Å²) >= 11 is 0. The van der Waals surface area contributed by atoms with Crippen molar-refractivity contribution in [3.8, 4) is 0 Å². The molecule has 0 aliphatic carbocycles. The van der Waals surface area contributed by atoms with Crippen molar-refractivity contribution in [3.05, 3.63) is 15.8 Å². The van der Waals surface area contributed by atoms with Gasteiger partial charge in [0.2, 0.25) is 5.82 Å². The third-order valence-electron chi connectivity index (χ3n) is 3.67. The molecule has 0 saturated carbocycles. The third-order valence-corrected chi connectivity index (χ3v) is 3.67. The maximum absolute atomic E-state index is 11.2. The molecule has 1 unspecified atom stereocenters. The van der Waals surface area contributed by atoms with E-state index >= 15 is 0 Å². The second-order valence-electron chi connectivity index (χ2n) is 4.94. The maximum atomic E-state index is 11.2. The van der Waals surface area contributed by atoms with Crippen LogP contribution in [0.2, 0.25) is 0 Å². The number of nitrogens with zero attached hydrogens (tertiary/aromatic N) is 4. The molecule has 0 radical (unpaired) electrons. The van der Waals surface area contributed by atoms with Gasteiger partial charge in [-0.15, -0.1) is 0 Å². The van der Waals surface area contributed by atoms with Crippen molar-refractivity contribution in [1.29, 1.82) is 0 Å². The van der Waals surface area contributed by atoms with Crippen molar-refractivity contribution in [2.24, 2.45) is 5.92 Å². The molecule has 1 atom stereocenters. The molecule has 2 heterocycles. The lowest BCUT2D eigenvalue weighted by Crippen LogP contribution is -2.24. The standard InChI is InChI=1S/C12H20N4O3/c1-3-15-12(11(16(18)19)9(2)13-15)14-6-4-10(8-14)5-7-17/h10,17H,3-8H2,1-2H3. The van der Waals surface area contributed by atoms with Gasteiger partial charge in [-0.2, -0.15) is 5.10 Å². The Labute approximate surface area is 112 Å². The zero-order valence-corrected chi connectivity index (χ0v) is 11.4. The van der Waals surface area contributed by atoms with Gasteiger partial charge in [0.05, 0.1) is 4.92 Å². The molecule has 19 heavy (non-hydrogen) atoms. The van der Waals surface area contributed by atoms with Crippen molar-refractivity contribution in [2.45, 2.75) is 33.2 Å². The number of rotatable bonds is 5. The van der Waals surface area contributed by atoms with Crippen LogP contribution in [0.15, 0.2) is 0 Å². The number of nitro groups is 1.